The lowest BCUT2D eigenvalue weighted by Crippen LogP contribution is -2.33. The summed E-state index contributed by atoms with van der Waals surface area (Å²) >= 11 is 8.08. The number of nitro groups is 1. The third-order valence-electron chi connectivity index (χ3n) is 2.69. The van der Waals surface area contributed by atoms with Gasteiger partial charge in [0, 0.05) is 17.3 Å². The molecule has 1 heterocycles. The van der Waals surface area contributed by atoms with Gasteiger partial charge in [0.15, 0.2) is 15.5 Å². The van der Waals surface area contributed by atoms with Crippen LogP contribution in [-0.2, 0) is 0 Å². The Kier molecular flexibility index (Phi) is 4.88. The smallest absolute Gasteiger partial charge is 0.293 e. The number of benzene rings is 1. The van der Waals surface area contributed by atoms with Crippen LogP contribution in [0.1, 0.15) is 16.1 Å². The van der Waals surface area contributed by atoms with Gasteiger partial charge in [-0.15, -0.1) is 0 Å². The van der Waals surface area contributed by atoms with Gasteiger partial charge >= 0.3 is 0 Å². The average molecular weight is 384 g/mol. The van der Waals surface area contributed by atoms with Gasteiger partial charge in [-0.3, -0.25) is 20.2 Å². The van der Waals surface area contributed by atoms with Crippen LogP contribution in [0.25, 0.3) is 0 Å². The topological polar surface area (TPSA) is 97.4 Å². The minimum Gasteiger partial charge on any atom is -0.444 e. The van der Waals surface area contributed by atoms with Crippen LogP contribution < -0.4 is 10.6 Å². The van der Waals surface area contributed by atoms with E-state index >= 15 is 0 Å². The number of carbonyl (C=O) groups is 1. The molecule has 0 aliphatic heterocycles. The van der Waals surface area contributed by atoms with E-state index in [2.05, 4.69) is 26.6 Å². The molecule has 9 heteroatoms. The minimum atomic E-state index is -0.523. The van der Waals surface area contributed by atoms with Crippen molar-refractivity contribution in [3.63, 3.8) is 0 Å². The molecule has 0 aliphatic carbocycles. The highest BCUT2D eigenvalue weighted by Gasteiger charge is 2.14. The molecular weight excluding hydrogens is 374 g/mol. The van der Waals surface area contributed by atoms with Crippen molar-refractivity contribution in [2.24, 2.45) is 0 Å². The van der Waals surface area contributed by atoms with Crippen LogP contribution >= 0.6 is 28.1 Å². The van der Waals surface area contributed by atoms with Crippen molar-refractivity contribution in [2.45, 2.75) is 6.92 Å². The quantitative estimate of drug-likeness (QED) is 0.478. The number of halogens is 1. The van der Waals surface area contributed by atoms with E-state index in [-0.39, 0.29) is 16.6 Å². The number of rotatable bonds is 3. The Morgan fingerprint density at radius 2 is 2.09 bits per heavy atom. The molecule has 0 unspecified atom stereocenters. The average Bonchev–Trinajstić information content (AvgIpc) is 2.87. The predicted octanol–water partition coefficient (Wildman–Crippen LogP) is 3.39. The fraction of sp³-hybridized carbons (Fsp3) is 0.0769. The lowest BCUT2D eigenvalue weighted by atomic mass is 10.2. The molecule has 1 aromatic heterocycles. The second kappa shape index (κ2) is 6.67. The van der Waals surface area contributed by atoms with E-state index in [4.69, 9.17) is 16.6 Å². The first-order valence-electron chi connectivity index (χ1n) is 5.99. The first kappa shape index (κ1) is 16.1. The number of amides is 1. The molecule has 0 saturated heterocycles. The summed E-state index contributed by atoms with van der Waals surface area (Å²) in [7, 11) is 0. The Balaban J connectivity index is 2.04. The molecule has 0 bridgehead atoms. The molecule has 2 N–H and O–H groups in total. The molecule has 22 heavy (non-hydrogen) atoms. The molecule has 1 amide bonds. The number of nitrogens with one attached hydrogen (secondary N) is 2. The maximum absolute atomic E-state index is 11.8. The van der Waals surface area contributed by atoms with Gasteiger partial charge in [0.1, 0.15) is 0 Å². The van der Waals surface area contributed by atoms with E-state index in [9.17, 15) is 14.9 Å². The van der Waals surface area contributed by atoms with E-state index in [0.29, 0.717) is 15.9 Å². The molecule has 2 rings (SSSR count). The zero-order valence-corrected chi connectivity index (χ0v) is 13.7. The van der Waals surface area contributed by atoms with Gasteiger partial charge in [-0.2, -0.15) is 0 Å². The highest BCUT2D eigenvalue weighted by atomic mass is 79.9. The SMILES string of the molecule is Cc1ccc(NC(=S)NC(=O)c2ccc(Br)o2)cc1[N+](=O)[O-]. The van der Waals surface area contributed by atoms with E-state index in [1.54, 1.807) is 25.1 Å². The number of nitro benzene ring substituents is 1. The van der Waals surface area contributed by atoms with Crippen molar-refractivity contribution in [3.8, 4) is 0 Å². The summed E-state index contributed by atoms with van der Waals surface area (Å²) in [4.78, 5) is 22.2. The van der Waals surface area contributed by atoms with Crippen molar-refractivity contribution in [3.05, 3.63) is 56.4 Å². The number of carbonyl (C=O) groups excluding carboxylic acids is 1. The number of nitrogens with zero attached hydrogens (tertiary/aromatic N) is 1. The molecule has 0 radical (unpaired) electrons. The molecule has 1 aromatic carbocycles. The molecule has 114 valence electrons. The lowest BCUT2D eigenvalue weighted by Gasteiger charge is -2.09. The van der Waals surface area contributed by atoms with Gasteiger partial charge in [-0.05, 0) is 53.3 Å². The maximum Gasteiger partial charge on any atom is 0.293 e. The first-order valence-corrected chi connectivity index (χ1v) is 7.19. The number of anilines is 1. The number of aryl methyl sites for hydroxylation is 1. The summed E-state index contributed by atoms with van der Waals surface area (Å²) in [6, 6.07) is 7.63. The highest BCUT2D eigenvalue weighted by molar-refractivity contribution is 9.10. The summed E-state index contributed by atoms with van der Waals surface area (Å²) in [5.41, 5.74) is 0.906. The van der Waals surface area contributed by atoms with Gasteiger partial charge in [0.2, 0.25) is 0 Å². The summed E-state index contributed by atoms with van der Waals surface area (Å²) in [5, 5.41) is 16.0. The fourth-order valence-corrected chi connectivity index (χ4v) is 2.16. The van der Waals surface area contributed by atoms with Crippen molar-refractivity contribution in [2.75, 3.05) is 5.32 Å². The van der Waals surface area contributed by atoms with Crippen molar-refractivity contribution in [1.29, 1.82) is 0 Å². The zero-order chi connectivity index (χ0) is 16.3. The molecule has 0 atom stereocenters. The molecule has 0 saturated carbocycles. The Labute approximate surface area is 139 Å². The van der Waals surface area contributed by atoms with Crippen molar-refractivity contribution < 1.29 is 14.1 Å². The lowest BCUT2D eigenvalue weighted by molar-refractivity contribution is -0.385. The fourth-order valence-electron chi connectivity index (χ4n) is 1.65. The maximum atomic E-state index is 11.8. The Bertz CT molecular complexity index is 759. The van der Waals surface area contributed by atoms with Crippen molar-refractivity contribution in [1.82, 2.24) is 5.32 Å². The van der Waals surface area contributed by atoms with Crippen LogP contribution in [0.4, 0.5) is 11.4 Å². The third-order valence-corrected chi connectivity index (χ3v) is 3.32. The number of thiocarbonyl (C=S) groups is 1. The van der Waals surface area contributed by atoms with Crippen LogP contribution in [0.2, 0.25) is 0 Å². The van der Waals surface area contributed by atoms with Crippen LogP contribution in [0, 0.1) is 17.0 Å². The summed E-state index contributed by atoms with van der Waals surface area (Å²) in [6.45, 7) is 1.64. The molecule has 2 aromatic rings. The van der Waals surface area contributed by atoms with E-state index < -0.39 is 10.8 Å². The number of hydrogen-bond donors (Lipinski definition) is 2. The highest BCUT2D eigenvalue weighted by Crippen LogP contribution is 2.22. The standard InChI is InChI=1S/C13H10BrN3O4S/c1-7-2-3-8(6-9(7)17(19)20)15-13(22)16-12(18)10-4-5-11(14)21-10/h2-6H,1H3,(H2,15,16,18,22). The van der Waals surface area contributed by atoms with E-state index in [1.165, 1.54) is 12.1 Å². The zero-order valence-electron chi connectivity index (χ0n) is 11.3. The Hall–Kier alpha value is -2.26. The van der Waals surface area contributed by atoms with E-state index in [1.807, 2.05) is 0 Å². The Morgan fingerprint density at radius 1 is 1.36 bits per heavy atom. The summed E-state index contributed by atoms with van der Waals surface area (Å²) < 4.78 is 5.51. The van der Waals surface area contributed by atoms with Crippen LogP contribution in [-0.4, -0.2) is 15.9 Å². The van der Waals surface area contributed by atoms with Crippen LogP contribution in [0.15, 0.2) is 39.4 Å². The largest absolute Gasteiger partial charge is 0.444 e. The first-order chi connectivity index (χ1) is 10.4. The number of furan rings is 1. The second-order valence-electron chi connectivity index (χ2n) is 4.27. The second-order valence-corrected chi connectivity index (χ2v) is 5.46. The Morgan fingerprint density at radius 3 is 2.68 bits per heavy atom. The summed E-state index contributed by atoms with van der Waals surface area (Å²) in [5.74, 6) is -0.435. The molecule has 0 fully saturated rings. The normalized spacial score (nSPS) is 10.1. The summed E-state index contributed by atoms with van der Waals surface area (Å²) in [6.07, 6.45) is 0. The van der Waals surface area contributed by atoms with Crippen LogP contribution in [0.3, 0.4) is 0 Å². The van der Waals surface area contributed by atoms with Crippen LogP contribution in [0.5, 0.6) is 0 Å². The predicted molar refractivity (Wildman–Crippen MR) is 87.9 cm³/mol. The minimum absolute atomic E-state index is 0.00988. The molecular formula is C13H10BrN3O4S. The van der Waals surface area contributed by atoms with Gasteiger partial charge in [-0.25, -0.2) is 0 Å². The molecule has 0 spiro atoms. The monoisotopic (exact) mass is 383 g/mol. The third kappa shape index (κ3) is 3.89. The number of hydrogen-bond acceptors (Lipinski definition) is 5. The van der Waals surface area contributed by atoms with Gasteiger partial charge in [0.05, 0.1) is 4.92 Å². The van der Waals surface area contributed by atoms with E-state index in [0.717, 1.165) is 0 Å². The van der Waals surface area contributed by atoms with Gasteiger partial charge in [-0.1, -0.05) is 6.07 Å². The molecule has 0 aliphatic rings. The van der Waals surface area contributed by atoms with Crippen molar-refractivity contribution >= 4 is 50.5 Å². The van der Waals surface area contributed by atoms with Gasteiger partial charge < -0.3 is 9.73 Å². The van der Waals surface area contributed by atoms with Gasteiger partial charge in [0.25, 0.3) is 11.6 Å². The molecule has 7 nitrogen and oxygen atoms in total.